The first-order valence-corrected chi connectivity index (χ1v) is 11.3. The molecule has 2 heterocycles. The molecule has 2 atom stereocenters. The van der Waals surface area contributed by atoms with Gasteiger partial charge in [0.2, 0.25) is 0 Å². The molecule has 1 amide bonds. The van der Waals surface area contributed by atoms with Crippen molar-refractivity contribution < 1.29 is 19.4 Å². The number of hydrogen-bond donors (Lipinski definition) is 2. The maximum Gasteiger partial charge on any atom is 0.261 e. The summed E-state index contributed by atoms with van der Waals surface area (Å²) in [5, 5.41) is 20.1. The fraction of sp³-hybridized carbons (Fsp3) is 0.417. The maximum atomic E-state index is 13.0. The van der Waals surface area contributed by atoms with E-state index in [-0.39, 0.29) is 23.4 Å². The SMILES string of the molecule is COc1ccc2nn(C34CCC(NC(=O)[C@H]5C[C@@H](O)c6cc(Cl)ccc6O5)(C3)C4)cc2c1. The Morgan fingerprint density at radius 2 is 2.12 bits per heavy atom. The highest BCUT2D eigenvalue weighted by molar-refractivity contribution is 6.30. The lowest BCUT2D eigenvalue weighted by Gasteiger charge is -2.48. The highest BCUT2D eigenvalue weighted by atomic mass is 35.5. The number of aliphatic hydroxyl groups is 1. The van der Waals surface area contributed by atoms with Crippen molar-refractivity contribution in [3.05, 3.63) is 53.2 Å². The van der Waals surface area contributed by atoms with Gasteiger partial charge < -0.3 is 19.9 Å². The van der Waals surface area contributed by atoms with E-state index < -0.39 is 12.2 Å². The number of amides is 1. The summed E-state index contributed by atoms with van der Waals surface area (Å²) in [7, 11) is 1.66. The number of hydrogen-bond acceptors (Lipinski definition) is 5. The van der Waals surface area contributed by atoms with Gasteiger partial charge in [0.15, 0.2) is 6.10 Å². The minimum Gasteiger partial charge on any atom is -0.497 e. The number of fused-ring (bicyclic) bond motifs is 3. The number of aliphatic hydroxyl groups excluding tert-OH is 1. The molecule has 8 heteroatoms. The summed E-state index contributed by atoms with van der Waals surface area (Å²) in [5.74, 6) is 1.16. The van der Waals surface area contributed by atoms with E-state index in [2.05, 4.69) is 16.2 Å². The van der Waals surface area contributed by atoms with E-state index in [1.54, 1.807) is 25.3 Å². The lowest BCUT2D eigenvalue weighted by Crippen LogP contribution is -2.61. The van der Waals surface area contributed by atoms with E-state index in [1.165, 1.54) is 0 Å². The zero-order valence-electron chi connectivity index (χ0n) is 17.7. The van der Waals surface area contributed by atoms with E-state index in [4.69, 9.17) is 26.2 Å². The molecule has 4 aliphatic rings. The highest BCUT2D eigenvalue weighted by Crippen LogP contribution is 2.59. The molecule has 2 N–H and O–H groups in total. The third kappa shape index (κ3) is 2.98. The molecular formula is C24H24ClN3O4. The zero-order chi connectivity index (χ0) is 22.1. The number of ether oxygens (including phenoxy) is 2. The van der Waals surface area contributed by atoms with Crippen LogP contribution in [0.5, 0.6) is 11.5 Å². The monoisotopic (exact) mass is 453 g/mol. The smallest absolute Gasteiger partial charge is 0.261 e. The van der Waals surface area contributed by atoms with Gasteiger partial charge in [-0.2, -0.15) is 5.10 Å². The lowest BCUT2D eigenvalue weighted by atomic mass is 9.71. The molecule has 0 spiro atoms. The number of nitrogens with zero attached hydrogens (tertiary/aromatic N) is 2. The van der Waals surface area contributed by atoms with E-state index in [0.29, 0.717) is 16.3 Å². The highest BCUT2D eigenvalue weighted by Gasteiger charge is 2.63. The van der Waals surface area contributed by atoms with Crippen LogP contribution in [0.25, 0.3) is 10.9 Å². The van der Waals surface area contributed by atoms with Crippen LogP contribution < -0.4 is 14.8 Å². The van der Waals surface area contributed by atoms with E-state index >= 15 is 0 Å². The Balaban J connectivity index is 1.16. The third-order valence-electron chi connectivity index (χ3n) is 7.32. The fourth-order valence-electron chi connectivity index (χ4n) is 5.76. The van der Waals surface area contributed by atoms with Gasteiger partial charge in [0.1, 0.15) is 11.5 Å². The van der Waals surface area contributed by atoms with Crippen molar-refractivity contribution in [2.45, 2.75) is 55.4 Å². The van der Waals surface area contributed by atoms with Crippen LogP contribution >= 0.6 is 11.6 Å². The molecule has 3 saturated carbocycles. The summed E-state index contributed by atoms with van der Waals surface area (Å²) in [6, 6.07) is 11.0. The summed E-state index contributed by atoms with van der Waals surface area (Å²) >= 11 is 6.02. The molecule has 0 unspecified atom stereocenters. The summed E-state index contributed by atoms with van der Waals surface area (Å²) in [6.45, 7) is 0. The van der Waals surface area contributed by atoms with Gasteiger partial charge in [0, 0.05) is 34.1 Å². The molecule has 3 aromatic rings. The second-order valence-electron chi connectivity index (χ2n) is 9.39. The Morgan fingerprint density at radius 3 is 2.94 bits per heavy atom. The minimum atomic E-state index is -0.775. The number of rotatable bonds is 4. The van der Waals surface area contributed by atoms with Gasteiger partial charge in [-0.25, -0.2) is 0 Å². The second kappa shape index (κ2) is 6.86. The molecule has 2 aromatic carbocycles. The average molecular weight is 454 g/mol. The molecular weight excluding hydrogens is 430 g/mol. The molecule has 32 heavy (non-hydrogen) atoms. The second-order valence-corrected chi connectivity index (χ2v) is 9.82. The normalized spacial score (nSPS) is 30.3. The molecule has 7 nitrogen and oxygen atoms in total. The Hall–Kier alpha value is -2.77. The first-order valence-electron chi connectivity index (χ1n) is 10.9. The van der Waals surface area contributed by atoms with Gasteiger partial charge in [-0.05, 0) is 62.1 Å². The third-order valence-corrected chi connectivity index (χ3v) is 7.55. The van der Waals surface area contributed by atoms with Crippen LogP contribution in [0, 0.1) is 0 Å². The van der Waals surface area contributed by atoms with Crippen molar-refractivity contribution in [1.82, 2.24) is 15.1 Å². The lowest BCUT2D eigenvalue weighted by molar-refractivity contribution is -0.134. The van der Waals surface area contributed by atoms with Crippen molar-refractivity contribution in [3.63, 3.8) is 0 Å². The van der Waals surface area contributed by atoms with Crippen LogP contribution in [0.4, 0.5) is 0 Å². The maximum absolute atomic E-state index is 13.0. The molecule has 0 saturated heterocycles. The van der Waals surface area contributed by atoms with Gasteiger partial charge in [-0.1, -0.05) is 11.6 Å². The molecule has 2 bridgehead atoms. The summed E-state index contributed by atoms with van der Waals surface area (Å²) < 4.78 is 13.3. The zero-order valence-corrected chi connectivity index (χ0v) is 18.4. The molecule has 1 aliphatic heterocycles. The van der Waals surface area contributed by atoms with Gasteiger partial charge in [-0.3, -0.25) is 9.48 Å². The van der Waals surface area contributed by atoms with Gasteiger partial charge in [0.25, 0.3) is 5.91 Å². The molecule has 166 valence electrons. The number of carbonyl (C=O) groups is 1. The Kier molecular flexibility index (Phi) is 4.26. The first-order chi connectivity index (χ1) is 15.4. The first kappa shape index (κ1) is 19.9. The summed E-state index contributed by atoms with van der Waals surface area (Å²) in [4.78, 5) is 13.0. The predicted octanol–water partition coefficient (Wildman–Crippen LogP) is 3.72. The summed E-state index contributed by atoms with van der Waals surface area (Å²) in [5.41, 5.74) is 1.28. The topological polar surface area (TPSA) is 85.6 Å². The van der Waals surface area contributed by atoms with E-state index in [0.717, 1.165) is 42.3 Å². The number of halogens is 1. The Bertz CT molecular complexity index is 1230. The largest absolute Gasteiger partial charge is 0.497 e. The van der Waals surface area contributed by atoms with Crippen molar-refractivity contribution in [1.29, 1.82) is 0 Å². The molecule has 3 fully saturated rings. The fourth-order valence-corrected chi connectivity index (χ4v) is 5.94. The van der Waals surface area contributed by atoms with E-state index in [9.17, 15) is 9.90 Å². The number of carbonyl (C=O) groups excluding carboxylic acids is 1. The Morgan fingerprint density at radius 1 is 1.28 bits per heavy atom. The van der Waals surface area contributed by atoms with Crippen LogP contribution in [0.15, 0.2) is 42.6 Å². The minimum absolute atomic E-state index is 0.0597. The standard InChI is InChI=1S/C24H24ClN3O4/c1-31-16-3-4-18-14(8-16)11-28(27-18)24-7-6-23(12-24,13-24)26-22(30)21-10-19(29)17-9-15(25)2-5-20(17)32-21/h2-5,8-9,11,19,21,29H,6-7,10,12-13H2,1H3,(H,26,30)/t19-,21-,23?,24?/m1/s1. The summed E-state index contributed by atoms with van der Waals surface area (Å²) in [6.07, 6.45) is 4.36. The molecule has 3 aliphatic carbocycles. The predicted molar refractivity (Wildman–Crippen MR) is 119 cm³/mol. The van der Waals surface area contributed by atoms with Crippen molar-refractivity contribution >= 4 is 28.4 Å². The molecule has 1 aromatic heterocycles. The van der Waals surface area contributed by atoms with Crippen LogP contribution in [-0.4, -0.2) is 39.5 Å². The number of methoxy groups -OCH3 is 1. The van der Waals surface area contributed by atoms with Crippen molar-refractivity contribution in [3.8, 4) is 11.5 Å². The molecule has 0 radical (unpaired) electrons. The van der Waals surface area contributed by atoms with Crippen LogP contribution in [0.1, 0.15) is 43.8 Å². The van der Waals surface area contributed by atoms with Crippen LogP contribution in [0.2, 0.25) is 5.02 Å². The quantitative estimate of drug-likeness (QED) is 0.628. The number of aromatic nitrogens is 2. The Labute approximate surface area is 190 Å². The van der Waals surface area contributed by atoms with Gasteiger partial charge in [0.05, 0.1) is 24.3 Å². The van der Waals surface area contributed by atoms with Crippen molar-refractivity contribution in [2.75, 3.05) is 7.11 Å². The van der Waals surface area contributed by atoms with Gasteiger partial charge in [-0.15, -0.1) is 0 Å². The van der Waals surface area contributed by atoms with Crippen molar-refractivity contribution in [2.24, 2.45) is 0 Å². The van der Waals surface area contributed by atoms with Gasteiger partial charge >= 0.3 is 0 Å². The van der Waals surface area contributed by atoms with E-state index in [1.807, 2.05) is 18.2 Å². The van der Waals surface area contributed by atoms with Crippen LogP contribution in [-0.2, 0) is 10.3 Å². The van der Waals surface area contributed by atoms with Crippen LogP contribution in [0.3, 0.4) is 0 Å². The average Bonchev–Trinajstić information content (AvgIpc) is 3.45. The number of nitrogens with one attached hydrogen (secondary N) is 1. The number of benzene rings is 2. The molecule has 7 rings (SSSR count).